The number of piperidine rings is 1. The second kappa shape index (κ2) is 7.08. The van der Waals surface area contributed by atoms with Crippen molar-refractivity contribution >= 4 is 17.0 Å². The molecule has 140 valence electrons. The molecule has 2 aromatic heterocycles. The molecule has 1 fully saturated rings. The molecule has 4 rings (SSSR count). The van der Waals surface area contributed by atoms with E-state index < -0.39 is 11.6 Å². The number of benzene rings is 1. The molecule has 27 heavy (non-hydrogen) atoms. The van der Waals surface area contributed by atoms with Crippen molar-refractivity contribution in [3.63, 3.8) is 0 Å². The molecule has 2 N–H and O–H groups in total. The molecule has 0 saturated carbocycles. The van der Waals surface area contributed by atoms with Crippen molar-refractivity contribution in [1.29, 1.82) is 0 Å². The van der Waals surface area contributed by atoms with Gasteiger partial charge in [-0.3, -0.25) is 4.79 Å². The molecule has 2 unspecified atom stereocenters. The maximum atomic E-state index is 13.6. The number of hydrogen-bond donors (Lipinski definition) is 2. The minimum atomic E-state index is -0.880. The highest BCUT2D eigenvalue weighted by molar-refractivity contribution is 5.95. The summed E-state index contributed by atoms with van der Waals surface area (Å²) in [5.41, 5.74) is 2.68. The predicted molar refractivity (Wildman–Crippen MR) is 96.6 cm³/mol. The van der Waals surface area contributed by atoms with Crippen LogP contribution in [0.4, 0.5) is 8.78 Å². The van der Waals surface area contributed by atoms with Gasteiger partial charge in [-0.2, -0.15) is 0 Å². The fourth-order valence-corrected chi connectivity index (χ4v) is 3.53. The van der Waals surface area contributed by atoms with Crippen LogP contribution in [0.25, 0.3) is 11.1 Å². The van der Waals surface area contributed by atoms with Gasteiger partial charge >= 0.3 is 0 Å². The van der Waals surface area contributed by atoms with Crippen LogP contribution < -0.4 is 10.6 Å². The number of nitrogens with zero attached hydrogens (tertiary/aromatic N) is 1. The molecule has 7 heteroatoms. The molecule has 1 aliphatic heterocycles. The molecule has 0 spiro atoms. The van der Waals surface area contributed by atoms with Crippen molar-refractivity contribution in [2.24, 2.45) is 0 Å². The molecule has 0 radical (unpaired) electrons. The van der Waals surface area contributed by atoms with Crippen molar-refractivity contribution < 1.29 is 18.0 Å². The Morgan fingerprint density at radius 1 is 1.22 bits per heavy atom. The Bertz CT molecular complexity index is 1000. The van der Waals surface area contributed by atoms with Crippen molar-refractivity contribution in [2.45, 2.75) is 25.3 Å². The highest BCUT2D eigenvalue weighted by Gasteiger charge is 2.29. The number of nitrogens with one attached hydrogen (secondary N) is 2. The molecule has 5 nitrogen and oxygen atoms in total. The van der Waals surface area contributed by atoms with Crippen LogP contribution in [0.1, 0.15) is 34.2 Å². The Hall–Kier alpha value is -2.80. The molecular formula is C20H19F2N3O2. The van der Waals surface area contributed by atoms with E-state index in [2.05, 4.69) is 15.6 Å². The van der Waals surface area contributed by atoms with Crippen LogP contribution in [0.3, 0.4) is 0 Å². The Balaban J connectivity index is 1.56. The van der Waals surface area contributed by atoms with Gasteiger partial charge in [0.25, 0.3) is 5.91 Å². The lowest BCUT2D eigenvalue weighted by Crippen LogP contribution is -2.50. The molecule has 3 aromatic rings. The van der Waals surface area contributed by atoms with Gasteiger partial charge in [0.1, 0.15) is 5.52 Å². The molecule has 3 heterocycles. The molecule has 2 atom stereocenters. The van der Waals surface area contributed by atoms with Crippen molar-refractivity contribution in [1.82, 2.24) is 15.6 Å². The van der Waals surface area contributed by atoms with Gasteiger partial charge < -0.3 is 15.1 Å². The fourth-order valence-electron chi connectivity index (χ4n) is 3.53. The number of hydrogen-bond acceptors (Lipinski definition) is 4. The van der Waals surface area contributed by atoms with Crippen molar-refractivity contribution in [3.8, 4) is 0 Å². The van der Waals surface area contributed by atoms with Gasteiger partial charge in [0.15, 0.2) is 23.0 Å². The van der Waals surface area contributed by atoms with Crippen molar-refractivity contribution in [3.05, 3.63) is 65.1 Å². The van der Waals surface area contributed by atoms with Gasteiger partial charge in [-0.1, -0.05) is 6.07 Å². The number of halogens is 2. The molecule has 1 aliphatic rings. The van der Waals surface area contributed by atoms with E-state index in [0.29, 0.717) is 29.6 Å². The van der Waals surface area contributed by atoms with Gasteiger partial charge in [0.05, 0.1) is 0 Å². The van der Waals surface area contributed by atoms with Crippen LogP contribution in [0.2, 0.25) is 0 Å². The number of rotatable bonds is 3. The average molecular weight is 371 g/mol. The second-order valence-electron chi connectivity index (χ2n) is 6.80. The van der Waals surface area contributed by atoms with E-state index in [1.54, 1.807) is 18.2 Å². The van der Waals surface area contributed by atoms with Crippen LogP contribution in [0.5, 0.6) is 0 Å². The molecular weight excluding hydrogens is 352 g/mol. The first-order chi connectivity index (χ1) is 13.0. The fraction of sp³-hybridized carbons (Fsp3) is 0.300. The monoisotopic (exact) mass is 371 g/mol. The van der Waals surface area contributed by atoms with Crippen LogP contribution in [0.15, 0.2) is 40.8 Å². The third-order valence-corrected chi connectivity index (χ3v) is 4.91. The van der Waals surface area contributed by atoms with E-state index in [4.69, 9.17) is 4.42 Å². The smallest absolute Gasteiger partial charge is 0.287 e. The van der Waals surface area contributed by atoms with Crippen LogP contribution >= 0.6 is 0 Å². The number of amides is 1. The largest absolute Gasteiger partial charge is 0.449 e. The standard InChI is InChI=1S/C20H19F2N3O2/c1-11-2-5-18-16(24-11)9-19(27-18)20(26)25-17-10-23-7-6-13(17)12-3-4-14(21)15(22)8-12/h2-5,8-9,13,17,23H,6-7,10H2,1H3,(H,25,26). The lowest BCUT2D eigenvalue weighted by Gasteiger charge is -2.33. The highest BCUT2D eigenvalue weighted by Crippen LogP contribution is 2.27. The lowest BCUT2D eigenvalue weighted by molar-refractivity contribution is 0.0898. The number of carbonyl (C=O) groups is 1. The minimum absolute atomic E-state index is 0.116. The quantitative estimate of drug-likeness (QED) is 0.741. The number of carbonyl (C=O) groups excluding carboxylic acids is 1. The third kappa shape index (κ3) is 3.55. The SMILES string of the molecule is Cc1ccc2oc(C(=O)NC3CNCCC3c3ccc(F)c(F)c3)cc2n1. The maximum Gasteiger partial charge on any atom is 0.287 e. The van der Waals surface area contributed by atoms with Crippen LogP contribution in [-0.4, -0.2) is 30.0 Å². The summed E-state index contributed by atoms with van der Waals surface area (Å²) in [6.07, 6.45) is 0.705. The number of aryl methyl sites for hydroxylation is 1. The number of pyridine rings is 1. The molecule has 1 amide bonds. The molecule has 0 aliphatic carbocycles. The molecule has 1 aromatic carbocycles. The first-order valence-electron chi connectivity index (χ1n) is 8.85. The summed E-state index contributed by atoms with van der Waals surface area (Å²) >= 11 is 0. The van der Waals surface area contributed by atoms with Gasteiger partial charge in [0.2, 0.25) is 0 Å². The average Bonchev–Trinajstić information content (AvgIpc) is 3.08. The maximum absolute atomic E-state index is 13.6. The van der Waals surface area contributed by atoms with E-state index >= 15 is 0 Å². The lowest BCUT2D eigenvalue weighted by atomic mass is 9.86. The van der Waals surface area contributed by atoms with E-state index in [-0.39, 0.29) is 23.6 Å². The zero-order valence-corrected chi connectivity index (χ0v) is 14.8. The van der Waals surface area contributed by atoms with Gasteiger partial charge in [-0.15, -0.1) is 0 Å². The predicted octanol–water partition coefficient (Wildman–Crippen LogP) is 3.29. The Morgan fingerprint density at radius 3 is 2.89 bits per heavy atom. The summed E-state index contributed by atoms with van der Waals surface area (Å²) < 4.78 is 32.5. The zero-order chi connectivity index (χ0) is 19.0. The Morgan fingerprint density at radius 2 is 2.07 bits per heavy atom. The molecule has 1 saturated heterocycles. The zero-order valence-electron chi connectivity index (χ0n) is 14.8. The van der Waals surface area contributed by atoms with Crippen LogP contribution in [-0.2, 0) is 0 Å². The topological polar surface area (TPSA) is 67.2 Å². The molecule has 0 bridgehead atoms. The van der Waals surface area contributed by atoms with Crippen molar-refractivity contribution in [2.75, 3.05) is 13.1 Å². The van der Waals surface area contributed by atoms with Gasteiger partial charge in [-0.25, -0.2) is 13.8 Å². The summed E-state index contributed by atoms with van der Waals surface area (Å²) in [4.78, 5) is 17.0. The Labute approximate surface area is 154 Å². The van der Waals surface area contributed by atoms with Crippen LogP contribution in [0, 0.1) is 18.6 Å². The number of furan rings is 1. The highest BCUT2D eigenvalue weighted by atomic mass is 19.2. The minimum Gasteiger partial charge on any atom is -0.449 e. The summed E-state index contributed by atoms with van der Waals surface area (Å²) in [6, 6.07) is 8.84. The van der Waals surface area contributed by atoms with E-state index in [1.165, 1.54) is 6.07 Å². The number of fused-ring (bicyclic) bond motifs is 1. The summed E-state index contributed by atoms with van der Waals surface area (Å²) in [5.74, 6) is -2.05. The van der Waals surface area contributed by atoms with Gasteiger partial charge in [-0.05, 0) is 49.7 Å². The van der Waals surface area contributed by atoms with Gasteiger partial charge in [0, 0.05) is 30.3 Å². The Kier molecular flexibility index (Phi) is 4.61. The number of aromatic nitrogens is 1. The first kappa shape index (κ1) is 17.6. The summed E-state index contributed by atoms with van der Waals surface area (Å²) in [5, 5.41) is 6.18. The van der Waals surface area contributed by atoms with E-state index in [1.807, 2.05) is 13.0 Å². The summed E-state index contributed by atoms with van der Waals surface area (Å²) in [7, 11) is 0. The normalized spacial score (nSPS) is 20.0. The second-order valence-corrected chi connectivity index (χ2v) is 6.80. The third-order valence-electron chi connectivity index (χ3n) is 4.91. The summed E-state index contributed by atoms with van der Waals surface area (Å²) in [6.45, 7) is 3.14. The first-order valence-corrected chi connectivity index (χ1v) is 8.85. The van der Waals surface area contributed by atoms with E-state index in [9.17, 15) is 13.6 Å². The van der Waals surface area contributed by atoms with E-state index in [0.717, 1.165) is 18.3 Å².